The first-order valence-electron chi connectivity index (χ1n) is 8.48. The maximum absolute atomic E-state index is 12.5. The summed E-state index contributed by atoms with van der Waals surface area (Å²) in [6.07, 6.45) is 7.59. The number of unbranched alkanes of at least 4 members (excludes halogenated alkanes) is 6. The van der Waals surface area contributed by atoms with Gasteiger partial charge in [0.15, 0.2) is 0 Å². The Kier molecular flexibility index (Phi) is 8.03. The number of carbonyl (C=O) groups is 2. The Morgan fingerprint density at radius 3 is 2.00 bits per heavy atom. The Morgan fingerprint density at radius 2 is 1.38 bits per heavy atom. The van der Waals surface area contributed by atoms with E-state index in [0.717, 1.165) is 44.3 Å². The SMILES string of the molecule is O=C1C(Cl)=C(SCCCCCCCCCO)C(=O)c2ccccc21. The number of aliphatic hydroxyl groups excluding tert-OH is 1. The Labute approximate surface area is 152 Å². The van der Waals surface area contributed by atoms with Crippen molar-refractivity contribution in [3.8, 4) is 0 Å². The average molecular weight is 367 g/mol. The largest absolute Gasteiger partial charge is 0.396 e. The van der Waals surface area contributed by atoms with E-state index in [1.807, 2.05) is 0 Å². The quantitative estimate of drug-likeness (QED) is 0.594. The first-order chi connectivity index (χ1) is 11.7. The maximum Gasteiger partial charge on any atom is 0.206 e. The van der Waals surface area contributed by atoms with Gasteiger partial charge in [-0.25, -0.2) is 0 Å². The molecule has 1 aromatic carbocycles. The highest BCUT2D eigenvalue weighted by Gasteiger charge is 2.31. The molecule has 1 aliphatic rings. The van der Waals surface area contributed by atoms with Crippen molar-refractivity contribution < 1.29 is 14.7 Å². The highest BCUT2D eigenvalue weighted by atomic mass is 35.5. The highest BCUT2D eigenvalue weighted by molar-refractivity contribution is 8.04. The lowest BCUT2D eigenvalue weighted by Gasteiger charge is -2.17. The van der Waals surface area contributed by atoms with Crippen molar-refractivity contribution in [2.75, 3.05) is 12.4 Å². The van der Waals surface area contributed by atoms with Gasteiger partial charge in [0.25, 0.3) is 0 Å². The molecule has 0 heterocycles. The third-order valence-corrected chi connectivity index (χ3v) is 5.71. The Morgan fingerprint density at radius 1 is 0.833 bits per heavy atom. The average Bonchev–Trinajstić information content (AvgIpc) is 2.61. The minimum atomic E-state index is -0.252. The number of rotatable bonds is 10. The maximum atomic E-state index is 12.5. The summed E-state index contributed by atoms with van der Waals surface area (Å²) in [7, 11) is 0. The van der Waals surface area contributed by atoms with E-state index < -0.39 is 0 Å². The summed E-state index contributed by atoms with van der Waals surface area (Å²) >= 11 is 7.53. The summed E-state index contributed by atoms with van der Waals surface area (Å²) in [4.78, 5) is 25.2. The van der Waals surface area contributed by atoms with Crippen LogP contribution in [0.15, 0.2) is 34.2 Å². The molecular formula is C19H23ClO3S. The number of aliphatic hydroxyl groups is 1. The minimum absolute atomic E-state index is 0.0627. The lowest BCUT2D eigenvalue weighted by atomic mass is 9.95. The van der Waals surface area contributed by atoms with Gasteiger partial charge < -0.3 is 5.11 Å². The van der Waals surface area contributed by atoms with Crippen molar-refractivity contribution in [1.29, 1.82) is 0 Å². The zero-order valence-corrected chi connectivity index (χ0v) is 15.3. The molecule has 0 bridgehead atoms. The van der Waals surface area contributed by atoms with Crippen LogP contribution in [0.25, 0.3) is 0 Å². The first kappa shape index (κ1) is 19.2. The highest BCUT2D eigenvalue weighted by Crippen LogP contribution is 2.35. The molecule has 0 atom stereocenters. The van der Waals surface area contributed by atoms with Crippen LogP contribution in [0.4, 0.5) is 0 Å². The zero-order valence-electron chi connectivity index (χ0n) is 13.7. The molecule has 2 rings (SSSR count). The molecule has 0 saturated heterocycles. The molecule has 0 aromatic heterocycles. The van der Waals surface area contributed by atoms with Crippen molar-refractivity contribution in [2.45, 2.75) is 44.9 Å². The Balaban J connectivity index is 1.78. The van der Waals surface area contributed by atoms with Crippen molar-refractivity contribution in [1.82, 2.24) is 0 Å². The molecule has 0 fully saturated rings. The van der Waals surface area contributed by atoms with E-state index in [9.17, 15) is 9.59 Å². The van der Waals surface area contributed by atoms with Crippen molar-refractivity contribution in [3.63, 3.8) is 0 Å². The van der Waals surface area contributed by atoms with Gasteiger partial charge in [0, 0.05) is 17.7 Å². The molecule has 0 amide bonds. The predicted molar refractivity (Wildman–Crippen MR) is 99.8 cm³/mol. The molecule has 0 unspecified atom stereocenters. The molecule has 130 valence electrons. The van der Waals surface area contributed by atoms with Gasteiger partial charge >= 0.3 is 0 Å². The van der Waals surface area contributed by atoms with E-state index >= 15 is 0 Å². The number of thioether (sulfide) groups is 1. The van der Waals surface area contributed by atoms with Gasteiger partial charge in [-0.1, -0.05) is 68.0 Å². The number of carbonyl (C=O) groups excluding carboxylic acids is 2. The molecule has 5 heteroatoms. The van der Waals surface area contributed by atoms with Gasteiger partial charge in [0.05, 0.1) is 4.91 Å². The number of allylic oxidation sites excluding steroid dienone is 2. The molecule has 1 aromatic rings. The lowest BCUT2D eigenvalue weighted by molar-refractivity contribution is 0.0987. The Bertz CT molecular complexity index is 625. The van der Waals surface area contributed by atoms with Crippen LogP contribution in [-0.4, -0.2) is 29.0 Å². The number of halogens is 1. The fourth-order valence-electron chi connectivity index (χ4n) is 2.72. The van der Waals surface area contributed by atoms with Crippen LogP contribution in [0.3, 0.4) is 0 Å². The van der Waals surface area contributed by atoms with Crippen LogP contribution in [-0.2, 0) is 0 Å². The second-order valence-corrected chi connectivity index (χ2v) is 7.38. The van der Waals surface area contributed by atoms with Gasteiger partial charge in [-0.05, 0) is 18.6 Å². The van der Waals surface area contributed by atoms with Gasteiger partial charge in [0.2, 0.25) is 11.6 Å². The predicted octanol–water partition coefficient (Wildman–Crippen LogP) is 4.97. The van der Waals surface area contributed by atoms with Crippen molar-refractivity contribution in [3.05, 3.63) is 45.3 Å². The number of Topliss-reactive ketones (excluding diaryl/α,β-unsaturated/α-hetero) is 2. The lowest BCUT2D eigenvalue weighted by Crippen LogP contribution is -2.18. The van der Waals surface area contributed by atoms with Crippen LogP contribution >= 0.6 is 23.4 Å². The molecule has 1 N–H and O–H groups in total. The summed E-state index contributed by atoms with van der Waals surface area (Å²) in [6, 6.07) is 6.84. The number of ketones is 2. The molecule has 1 aliphatic carbocycles. The molecule has 0 saturated carbocycles. The number of fused-ring (bicyclic) bond motifs is 1. The standard InChI is InChI=1S/C19H23ClO3S/c20-16-17(22)14-10-6-7-11-15(14)18(23)19(16)24-13-9-5-3-1-2-4-8-12-21/h6-7,10-11,21H,1-5,8-9,12-13H2. The number of benzene rings is 1. The van der Waals surface area contributed by atoms with Gasteiger partial charge in [-0.2, -0.15) is 0 Å². The third kappa shape index (κ3) is 4.95. The van der Waals surface area contributed by atoms with E-state index in [4.69, 9.17) is 16.7 Å². The Hall–Kier alpha value is -1.10. The summed E-state index contributed by atoms with van der Waals surface area (Å²) in [5.41, 5.74) is 0.859. The number of hydrogen-bond donors (Lipinski definition) is 1. The van der Waals surface area contributed by atoms with Crippen LogP contribution in [0.2, 0.25) is 0 Å². The second-order valence-electron chi connectivity index (χ2n) is 5.89. The first-order valence-corrected chi connectivity index (χ1v) is 9.85. The monoisotopic (exact) mass is 366 g/mol. The van der Waals surface area contributed by atoms with E-state index in [2.05, 4.69) is 0 Å². The summed E-state index contributed by atoms with van der Waals surface area (Å²) < 4.78 is 0. The van der Waals surface area contributed by atoms with E-state index in [1.54, 1.807) is 24.3 Å². The molecule has 0 radical (unpaired) electrons. The zero-order chi connectivity index (χ0) is 17.4. The molecule has 0 aliphatic heterocycles. The summed E-state index contributed by atoms with van der Waals surface area (Å²) in [5, 5.41) is 8.78. The van der Waals surface area contributed by atoms with Crippen LogP contribution in [0.1, 0.15) is 65.7 Å². The van der Waals surface area contributed by atoms with E-state index in [0.29, 0.717) is 16.0 Å². The van der Waals surface area contributed by atoms with Crippen molar-refractivity contribution >= 4 is 34.9 Å². The molecule has 24 heavy (non-hydrogen) atoms. The van der Waals surface area contributed by atoms with E-state index in [-0.39, 0.29) is 23.2 Å². The van der Waals surface area contributed by atoms with Crippen LogP contribution < -0.4 is 0 Å². The third-order valence-electron chi connectivity index (χ3n) is 4.07. The summed E-state index contributed by atoms with van der Waals surface area (Å²) in [6.45, 7) is 0.280. The van der Waals surface area contributed by atoms with Gasteiger partial charge in [0.1, 0.15) is 5.03 Å². The summed E-state index contributed by atoms with van der Waals surface area (Å²) in [5.74, 6) is 0.408. The van der Waals surface area contributed by atoms with Crippen molar-refractivity contribution in [2.24, 2.45) is 0 Å². The van der Waals surface area contributed by atoms with Crippen LogP contribution in [0.5, 0.6) is 0 Å². The molecular weight excluding hydrogens is 344 g/mol. The fraction of sp³-hybridized carbons (Fsp3) is 0.474. The van der Waals surface area contributed by atoms with Gasteiger partial charge in [-0.15, -0.1) is 11.8 Å². The van der Waals surface area contributed by atoms with Gasteiger partial charge in [-0.3, -0.25) is 9.59 Å². The fourth-order valence-corrected chi connectivity index (χ4v) is 4.09. The van der Waals surface area contributed by atoms with E-state index in [1.165, 1.54) is 18.2 Å². The molecule has 3 nitrogen and oxygen atoms in total. The number of hydrogen-bond acceptors (Lipinski definition) is 4. The molecule has 0 spiro atoms. The second kappa shape index (κ2) is 10.0. The minimum Gasteiger partial charge on any atom is -0.396 e. The normalized spacial score (nSPS) is 14.2. The van der Waals surface area contributed by atoms with Crippen LogP contribution in [0, 0.1) is 0 Å². The smallest absolute Gasteiger partial charge is 0.206 e. The topological polar surface area (TPSA) is 54.4 Å².